The van der Waals surface area contributed by atoms with Crippen LogP contribution in [0.1, 0.15) is 12.0 Å². The molecule has 0 unspecified atom stereocenters. The lowest BCUT2D eigenvalue weighted by Gasteiger charge is -2.02. The van der Waals surface area contributed by atoms with Crippen molar-refractivity contribution in [1.29, 1.82) is 0 Å². The van der Waals surface area contributed by atoms with E-state index in [9.17, 15) is 8.42 Å². The zero-order valence-corrected chi connectivity index (χ0v) is 11.2. The van der Waals surface area contributed by atoms with E-state index < -0.39 is 10.1 Å². The maximum atomic E-state index is 10.7. The highest BCUT2D eigenvalue weighted by Crippen LogP contribution is 2.12. The Kier molecular flexibility index (Phi) is 4.14. The second-order valence-electron chi connectivity index (χ2n) is 4.39. The first-order valence-corrected chi connectivity index (χ1v) is 7.57. The summed E-state index contributed by atoms with van der Waals surface area (Å²) in [5.74, 6) is -0.245. The van der Waals surface area contributed by atoms with Crippen molar-refractivity contribution < 1.29 is 22.6 Å². The number of fused-ring (bicyclic) bond motifs is 1. The second kappa shape index (κ2) is 5.64. The molecule has 0 atom stereocenters. The number of nitrogens with zero attached hydrogens (tertiary/aromatic N) is 1. The minimum atomic E-state index is -3.90. The Morgan fingerprint density at radius 2 is 2.00 bits per heavy atom. The first kappa shape index (κ1) is 13.9. The van der Waals surface area contributed by atoms with Gasteiger partial charge in [0.15, 0.2) is 6.20 Å². The Morgan fingerprint density at radius 1 is 1.21 bits per heavy atom. The van der Waals surface area contributed by atoms with Crippen LogP contribution in [0.25, 0.3) is 10.9 Å². The number of benzene rings is 1. The number of aromatic nitrogens is 1. The SMILES string of the molecule is O=S(=O)(O)CCC[n+]1cccc2cc(CO)ccc21. The molecule has 102 valence electrons. The van der Waals surface area contributed by atoms with Gasteiger partial charge in [0.05, 0.1) is 12.4 Å². The van der Waals surface area contributed by atoms with Crippen molar-refractivity contribution in [2.75, 3.05) is 5.75 Å². The number of aliphatic hydroxyl groups excluding tert-OH is 1. The van der Waals surface area contributed by atoms with Crippen molar-refractivity contribution >= 4 is 21.0 Å². The molecule has 0 bridgehead atoms. The Morgan fingerprint density at radius 3 is 2.68 bits per heavy atom. The molecule has 6 heteroatoms. The van der Waals surface area contributed by atoms with Crippen LogP contribution in [0.2, 0.25) is 0 Å². The standard InChI is InChI=1S/C13H15NO4S/c15-10-11-4-5-13-12(9-11)3-1-6-14(13)7-2-8-19(16,17)18/h1,3-6,9,15H,2,7-8,10H2/p+1. The third-order valence-corrected chi connectivity index (χ3v) is 3.73. The van der Waals surface area contributed by atoms with Crippen molar-refractivity contribution in [1.82, 2.24) is 0 Å². The van der Waals surface area contributed by atoms with E-state index in [-0.39, 0.29) is 12.4 Å². The fourth-order valence-electron chi connectivity index (χ4n) is 2.04. The smallest absolute Gasteiger partial charge is 0.265 e. The molecule has 0 radical (unpaired) electrons. The summed E-state index contributed by atoms with van der Waals surface area (Å²) in [5, 5.41) is 10.1. The van der Waals surface area contributed by atoms with Gasteiger partial charge in [0.25, 0.3) is 10.1 Å². The number of aryl methyl sites for hydroxylation is 1. The van der Waals surface area contributed by atoms with E-state index in [2.05, 4.69) is 0 Å². The van der Waals surface area contributed by atoms with Crippen LogP contribution in [-0.4, -0.2) is 23.8 Å². The highest BCUT2D eigenvalue weighted by Gasteiger charge is 2.11. The zero-order valence-electron chi connectivity index (χ0n) is 10.4. The summed E-state index contributed by atoms with van der Waals surface area (Å²) in [7, 11) is -3.90. The van der Waals surface area contributed by atoms with Gasteiger partial charge < -0.3 is 5.11 Å². The first-order valence-electron chi connectivity index (χ1n) is 5.97. The monoisotopic (exact) mass is 282 g/mol. The summed E-state index contributed by atoms with van der Waals surface area (Å²) in [4.78, 5) is 0. The van der Waals surface area contributed by atoms with Gasteiger partial charge in [0, 0.05) is 23.9 Å². The van der Waals surface area contributed by atoms with Gasteiger partial charge in [0.1, 0.15) is 6.54 Å². The molecule has 2 rings (SSSR count). The highest BCUT2D eigenvalue weighted by molar-refractivity contribution is 7.85. The maximum absolute atomic E-state index is 10.7. The lowest BCUT2D eigenvalue weighted by atomic mass is 10.1. The number of aliphatic hydroxyl groups is 1. The maximum Gasteiger partial charge on any atom is 0.265 e. The molecule has 1 aromatic heterocycles. The molecule has 2 N–H and O–H groups in total. The van der Waals surface area contributed by atoms with Crippen LogP contribution in [0.4, 0.5) is 0 Å². The molecule has 0 aliphatic rings. The average Bonchev–Trinajstić information content (AvgIpc) is 2.37. The van der Waals surface area contributed by atoms with Gasteiger partial charge in [0.2, 0.25) is 5.52 Å². The Hall–Kier alpha value is -1.50. The lowest BCUT2D eigenvalue weighted by molar-refractivity contribution is -0.671. The van der Waals surface area contributed by atoms with Crippen molar-refractivity contribution in [3.05, 3.63) is 42.1 Å². The molecule has 0 aliphatic carbocycles. The molecule has 0 spiro atoms. The van der Waals surface area contributed by atoms with Gasteiger partial charge in [-0.05, 0) is 17.7 Å². The first-order chi connectivity index (χ1) is 8.99. The van der Waals surface area contributed by atoms with Gasteiger partial charge in [-0.1, -0.05) is 6.07 Å². The van der Waals surface area contributed by atoms with Gasteiger partial charge >= 0.3 is 0 Å². The molecular weight excluding hydrogens is 266 g/mol. The molecule has 0 aliphatic heterocycles. The quantitative estimate of drug-likeness (QED) is 0.631. The third kappa shape index (κ3) is 3.73. The van der Waals surface area contributed by atoms with Crippen LogP contribution >= 0.6 is 0 Å². The normalized spacial score (nSPS) is 11.9. The van der Waals surface area contributed by atoms with E-state index in [4.69, 9.17) is 9.66 Å². The topological polar surface area (TPSA) is 78.5 Å². The Balaban J connectivity index is 2.24. The predicted octanol–water partition coefficient (Wildman–Crippen LogP) is 0.897. The summed E-state index contributed by atoms with van der Waals surface area (Å²) in [6.45, 7) is 0.503. The lowest BCUT2D eigenvalue weighted by Crippen LogP contribution is -2.35. The number of hydrogen-bond acceptors (Lipinski definition) is 3. The molecule has 0 saturated heterocycles. The summed E-state index contributed by atoms with van der Waals surface area (Å²) >= 11 is 0. The van der Waals surface area contributed by atoms with Gasteiger partial charge in [-0.3, -0.25) is 4.55 Å². The van der Waals surface area contributed by atoms with E-state index >= 15 is 0 Å². The number of pyridine rings is 1. The van der Waals surface area contributed by atoms with Crippen LogP contribution in [-0.2, 0) is 23.3 Å². The summed E-state index contributed by atoms with van der Waals surface area (Å²) < 4.78 is 32.0. The Bertz CT molecular complexity index is 682. The average molecular weight is 282 g/mol. The molecule has 0 saturated carbocycles. The molecule has 2 aromatic rings. The molecule has 1 heterocycles. The number of hydrogen-bond donors (Lipinski definition) is 2. The van der Waals surface area contributed by atoms with Crippen LogP contribution < -0.4 is 4.57 Å². The van der Waals surface area contributed by atoms with Crippen molar-refractivity contribution in [3.63, 3.8) is 0 Å². The summed E-state index contributed by atoms with van der Waals surface area (Å²) in [6, 6.07) is 9.44. The molecular formula is C13H16NO4S+. The van der Waals surface area contributed by atoms with Crippen LogP contribution in [0.3, 0.4) is 0 Å². The van der Waals surface area contributed by atoms with Crippen molar-refractivity contribution in [2.24, 2.45) is 0 Å². The summed E-state index contributed by atoms with van der Waals surface area (Å²) in [6.07, 6.45) is 2.22. The molecule has 1 aromatic carbocycles. The van der Waals surface area contributed by atoms with Crippen molar-refractivity contribution in [3.8, 4) is 0 Å². The van der Waals surface area contributed by atoms with E-state index in [0.29, 0.717) is 13.0 Å². The second-order valence-corrected chi connectivity index (χ2v) is 5.96. The van der Waals surface area contributed by atoms with Crippen LogP contribution in [0.15, 0.2) is 36.5 Å². The minimum Gasteiger partial charge on any atom is -0.392 e. The number of rotatable bonds is 5. The molecule has 19 heavy (non-hydrogen) atoms. The highest BCUT2D eigenvalue weighted by atomic mass is 32.2. The Labute approximate surface area is 111 Å². The van der Waals surface area contributed by atoms with Gasteiger partial charge in [-0.2, -0.15) is 13.0 Å². The summed E-state index contributed by atoms with van der Waals surface area (Å²) in [5.41, 5.74) is 1.80. The van der Waals surface area contributed by atoms with E-state index in [0.717, 1.165) is 16.5 Å². The van der Waals surface area contributed by atoms with E-state index in [1.807, 2.05) is 41.1 Å². The van der Waals surface area contributed by atoms with Gasteiger partial charge in [-0.25, -0.2) is 0 Å². The minimum absolute atomic E-state index is 0.00636. The van der Waals surface area contributed by atoms with Crippen molar-refractivity contribution in [2.45, 2.75) is 19.6 Å². The van der Waals surface area contributed by atoms with E-state index in [1.165, 1.54) is 0 Å². The van der Waals surface area contributed by atoms with Gasteiger partial charge in [-0.15, -0.1) is 0 Å². The molecule has 0 fully saturated rings. The van der Waals surface area contributed by atoms with Crippen LogP contribution in [0.5, 0.6) is 0 Å². The molecule has 0 amide bonds. The largest absolute Gasteiger partial charge is 0.392 e. The zero-order chi connectivity index (χ0) is 13.9. The fraction of sp³-hybridized carbons (Fsp3) is 0.308. The molecule has 5 nitrogen and oxygen atoms in total. The predicted molar refractivity (Wildman–Crippen MR) is 71.1 cm³/mol. The fourth-order valence-corrected chi connectivity index (χ4v) is 2.53. The van der Waals surface area contributed by atoms with E-state index in [1.54, 1.807) is 0 Å². The third-order valence-electron chi connectivity index (χ3n) is 2.93. The van der Waals surface area contributed by atoms with Crippen LogP contribution in [0, 0.1) is 0 Å².